The van der Waals surface area contributed by atoms with E-state index in [0.29, 0.717) is 6.04 Å². The fourth-order valence-electron chi connectivity index (χ4n) is 8.65. The van der Waals surface area contributed by atoms with Crippen LogP contribution in [-0.2, 0) is 12.8 Å². The molecule has 4 heteroatoms. The first-order chi connectivity index (χ1) is 22.3. The lowest BCUT2D eigenvalue weighted by atomic mass is 9.33. The molecular formula is C41H32BN3. The number of benzene rings is 6. The van der Waals surface area contributed by atoms with E-state index in [1.54, 1.807) is 0 Å². The summed E-state index contributed by atoms with van der Waals surface area (Å²) in [7, 11) is 0. The molecule has 1 atom stereocenters. The van der Waals surface area contributed by atoms with Crippen LogP contribution >= 0.6 is 0 Å². The van der Waals surface area contributed by atoms with Gasteiger partial charge in [0.2, 0.25) is 0 Å². The number of hydrogen-bond donors (Lipinski definition) is 0. The fraction of sp³-hybridized carbons (Fsp3) is 0.122. The van der Waals surface area contributed by atoms with Crippen LogP contribution in [0.15, 0.2) is 140 Å². The molecule has 0 saturated heterocycles. The second-order valence-electron chi connectivity index (χ2n) is 12.8. The van der Waals surface area contributed by atoms with E-state index in [-0.39, 0.29) is 6.71 Å². The Balaban J connectivity index is 1.26. The lowest BCUT2D eigenvalue weighted by Gasteiger charge is -2.51. The molecule has 6 aromatic rings. The van der Waals surface area contributed by atoms with Gasteiger partial charge < -0.3 is 14.7 Å². The van der Waals surface area contributed by atoms with Gasteiger partial charge in [-0.15, -0.1) is 0 Å². The lowest BCUT2D eigenvalue weighted by molar-refractivity contribution is 0.519. The number of rotatable bonds is 4. The van der Waals surface area contributed by atoms with Crippen molar-refractivity contribution in [3.63, 3.8) is 0 Å². The van der Waals surface area contributed by atoms with Gasteiger partial charge in [-0.3, -0.25) is 0 Å². The summed E-state index contributed by atoms with van der Waals surface area (Å²) >= 11 is 0. The van der Waals surface area contributed by atoms with Gasteiger partial charge >= 0.3 is 0 Å². The van der Waals surface area contributed by atoms with Crippen LogP contribution in [0.4, 0.5) is 45.5 Å². The number of nitrogens with zero attached hydrogens (tertiary/aromatic N) is 3. The number of fused-ring (bicyclic) bond motifs is 3. The van der Waals surface area contributed by atoms with E-state index in [9.17, 15) is 0 Å². The van der Waals surface area contributed by atoms with Gasteiger partial charge in [-0.05, 0) is 108 Å². The molecule has 3 nitrogen and oxygen atoms in total. The van der Waals surface area contributed by atoms with Crippen LogP contribution in [0.25, 0.3) is 0 Å². The first kappa shape index (κ1) is 25.1. The Morgan fingerprint density at radius 2 is 1.20 bits per heavy atom. The predicted octanol–water partition coefficient (Wildman–Crippen LogP) is 8.17. The molecule has 10 rings (SSSR count). The second-order valence-corrected chi connectivity index (χ2v) is 12.8. The van der Waals surface area contributed by atoms with Gasteiger partial charge in [-0.1, -0.05) is 84.9 Å². The van der Waals surface area contributed by atoms with Crippen LogP contribution in [-0.4, -0.2) is 12.8 Å². The third kappa shape index (κ3) is 3.60. The van der Waals surface area contributed by atoms with Crippen LogP contribution in [0.1, 0.15) is 24.0 Å². The molecule has 0 saturated carbocycles. The zero-order valence-corrected chi connectivity index (χ0v) is 25.1. The van der Waals surface area contributed by atoms with Crippen LogP contribution in [0.3, 0.4) is 0 Å². The summed E-state index contributed by atoms with van der Waals surface area (Å²) in [6.07, 6.45) is 4.81. The van der Waals surface area contributed by atoms with Crippen LogP contribution in [0, 0.1) is 0 Å². The van der Waals surface area contributed by atoms with Gasteiger partial charge in [0, 0.05) is 51.5 Å². The second kappa shape index (κ2) is 9.64. The molecule has 1 unspecified atom stereocenters. The van der Waals surface area contributed by atoms with E-state index in [2.05, 4.69) is 154 Å². The van der Waals surface area contributed by atoms with E-state index in [1.807, 2.05) is 0 Å². The molecule has 4 aliphatic rings. The quantitative estimate of drug-likeness (QED) is 0.196. The lowest BCUT2D eigenvalue weighted by Crippen LogP contribution is -2.64. The molecule has 0 amide bonds. The molecule has 0 radical (unpaired) electrons. The largest absolute Gasteiger partial charge is 0.339 e. The zero-order valence-electron chi connectivity index (χ0n) is 25.1. The van der Waals surface area contributed by atoms with Gasteiger partial charge in [0.05, 0.1) is 0 Å². The summed E-state index contributed by atoms with van der Waals surface area (Å²) in [5.74, 6) is 0. The average molecular weight is 578 g/mol. The maximum Gasteiger partial charge on any atom is 0.252 e. The van der Waals surface area contributed by atoms with Crippen molar-refractivity contribution in [3.05, 3.63) is 151 Å². The monoisotopic (exact) mass is 577 g/mol. The molecule has 0 fully saturated rings. The first-order valence-electron chi connectivity index (χ1n) is 16.3. The molecule has 45 heavy (non-hydrogen) atoms. The van der Waals surface area contributed by atoms with E-state index < -0.39 is 0 Å². The topological polar surface area (TPSA) is 9.72 Å². The molecule has 0 aliphatic carbocycles. The summed E-state index contributed by atoms with van der Waals surface area (Å²) in [6.45, 7) is 0.198. The predicted molar refractivity (Wildman–Crippen MR) is 189 cm³/mol. The van der Waals surface area contributed by atoms with E-state index >= 15 is 0 Å². The minimum atomic E-state index is 0.198. The highest BCUT2D eigenvalue weighted by Crippen LogP contribution is 2.49. The summed E-state index contributed by atoms with van der Waals surface area (Å²) in [5, 5.41) is 0. The van der Waals surface area contributed by atoms with Gasteiger partial charge in [0.1, 0.15) is 0 Å². The van der Waals surface area contributed by atoms with Crippen molar-refractivity contribution in [1.82, 2.24) is 0 Å². The minimum Gasteiger partial charge on any atom is -0.339 e. The molecular weight excluding hydrogens is 545 g/mol. The smallest absolute Gasteiger partial charge is 0.252 e. The number of aryl methyl sites for hydroxylation is 2. The first-order valence-corrected chi connectivity index (χ1v) is 16.3. The van der Waals surface area contributed by atoms with Crippen LogP contribution < -0.4 is 31.1 Å². The van der Waals surface area contributed by atoms with Crippen LogP contribution in [0.2, 0.25) is 0 Å². The maximum absolute atomic E-state index is 2.76. The summed E-state index contributed by atoms with van der Waals surface area (Å²) in [4.78, 5) is 7.67. The Morgan fingerprint density at radius 1 is 0.533 bits per heavy atom. The van der Waals surface area contributed by atoms with E-state index in [1.165, 1.54) is 75.2 Å². The number of anilines is 8. The van der Waals surface area contributed by atoms with Crippen molar-refractivity contribution in [2.45, 2.75) is 31.7 Å². The standard InChI is InChI=1S/C41H32BN3/c1-4-12-30(13-5-1)43(31-14-6-2-7-15-31)34-24-25-35-38(27-34)44(32-16-8-3-9-17-32)37-26-21-29-20-23-33-22-19-28-11-10-18-36-40(28)45(33)41(29)39(37)42(35)36/h1-18,21,24-27,33H,19-20,22-23H2. The third-order valence-corrected chi connectivity index (χ3v) is 10.5. The summed E-state index contributed by atoms with van der Waals surface area (Å²) in [5.41, 5.74) is 17.5. The van der Waals surface area contributed by atoms with Crippen molar-refractivity contribution in [2.75, 3.05) is 14.7 Å². The number of para-hydroxylation sites is 4. The molecule has 4 aliphatic heterocycles. The van der Waals surface area contributed by atoms with Gasteiger partial charge in [-0.2, -0.15) is 0 Å². The third-order valence-electron chi connectivity index (χ3n) is 10.5. The Labute approximate surface area is 265 Å². The van der Waals surface area contributed by atoms with E-state index in [0.717, 1.165) is 23.5 Å². The minimum absolute atomic E-state index is 0.198. The van der Waals surface area contributed by atoms with Gasteiger partial charge in [0.15, 0.2) is 0 Å². The van der Waals surface area contributed by atoms with Crippen molar-refractivity contribution in [1.29, 1.82) is 0 Å². The molecule has 6 aromatic carbocycles. The highest BCUT2D eigenvalue weighted by atomic mass is 15.2. The van der Waals surface area contributed by atoms with Crippen molar-refractivity contribution in [2.24, 2.45) is 0 Å². The Hall–Kier alpha value is -5.22. The molecule has 0 aromatic heterocycles. The Morgan fingerprint density at radius 3 is 1.91 bits per heavy atom. The molecule has 0 N–H and O–H groups in total. The van der Waals surface area contributed by atoms with Crippen LogP contribution in [0.5, 0.6) is 0 Å². The van der Waals surface area contributed by atoms with Gasteiger partial charge in [0.25, 0.3) is 6.71 Å². The zero-order chi connectivity index (χ0) is 29.5. The highest BCUT2D eigenvalue weighted by molar-refractivity contribution is 7.00. The SMILES string of the molecule is c1ccc(N(c2ccccc2)c2ccc3c(c2)N(c2ccccc2)c2ccc4c5c2B3c2cccc3c2N5C(CC3)CC4)cc1. The normalized spacial score (nSPS) is 16.6. The molecule has 214 valence electrons. The highest BCUT2D eigenvalue weighted by Gasteiger charge is 2.47. The number of hydrogen-bond acceptors (Lipinski definition) is 3. The summed E-state index contributed by atoms with van der Waals surface area (Å²) < 4.78 is 0. The van der Waals surface area contributed by atoms with E-state index in [4.69, 9.17) is 0 Å². The maximum atomic E-state index is 2.76. The molecule has 4 heterocycles. The average Bonchev–Trinajstić information content (AvgIpc) is 3.11. The fourth-order valence-corrected chi connectivity index (χ4v) is 8.65. The van der Waals surface area contributed by atoms with Gasteiger partial charge in [-0.25, -0.2) is 0 Å². The van der Waals surface area contributed by atoms with Crippen molar-refractivity contribution < 1.29 is 0 Å². The van der Waals surface area contributed by atoms with Crippen molar-refractivity contribution in [3.8, 4) is 0 Å². The molecule has 0 bridgehead atoms. The Kier molecular flexibility index (Phi) is 5.39. The van der Waals surface area contributed by atoms with Crippen molar-refractivity contribution >= 4 is 68.6 Å². The summed E-state index contributed by atoms with van der Waals surface area (Å²) in [6, 6.07) is 52.1. The molecule has 0 spiro atoms. The Bertz CT molecular complexity index is 2050.